The molecule has 0 aromatic heterocycles. The summed E-state index contributed by atoms with van der Waals surface area (Å²) in [6, 6.07) is 9.76. The summed E-state index contributed by atoms with van der Waals surface area (Å²) >= 11 is 12.0. The summed E-state index contributed by atoms with van der Waals surface area (Å²) in [6.07, 6.45) is 0.884. The quantitative estimate of drug-likeness (QED) is 0.734. The maximum Gasteiger partial charge on any atom is 0.254 e. The fourth-order valence-corrected chi connectivity index (χ4v) is 3.69. The van der Waals surface area contributed by atoms with E-state index in [2.05, 4.69) is 0 Å². The third kappa shape index (κ3) is 4.83. The monoisotopic (exact) mass is 422 g/mol. The van der Waals surface area contributed by atoms with Crippen molar-refractivity contribution >= 4 is 35.0 Å². The molecule has 7 heteroatoms. The zero-order valence-corrected chi connectivity index (χ0v) is 17.1. The number of carbonyl (C=O) groups excluding carboxylic acids is 2. The second-order valence-electron chi connectivity index (χ2n) is 6.87. The number of halogens is 3. The summed E-state index contributed by atoms with van der Waals surface area (Å²) in [7, 11) is 0. The molecule has 2 aromatic rings. The van der Waals surface area contributed by atoms with Gasteiger partial charge in [-0.1, -0.05) is 35.3 Å². The van der Waals surface area contributed by atoms with Crippen molar-refractivity contribution in [2.45, 2.75) is 19.8 Å². The van der Waals surface area contributed by atoms with Crippen LogP contribution in [0.3, 0.4) is 0 Å². The average molecular weight is 423 g/mol. The number of piperazine rings is 1. The SMILES string of the molecule is Cc1ccc(C(=O)N2CCN(C(=O)CCc3ccc(Cl)cc3Cl)CC2)cc1F. The molecule has 0 N–H and O–H groups in total. The third-order valence-electron chi connectivity index (χ3n) is 4.96. The van der Waals surface area contributed by atoms with E-state index >= 15 is 0 Å². The first-order valence-corrected chi connectivity index (χ1v) is 9.88. The fourth-order valence-electron chi connectivity index (χ4n) is 3.19. The molecule has 0 aliphatic carbocycles. The minimum absolute atomic E-state index is 0.0273. The Morgan fingerprint density at radius 2 is 1.68 bits per heavy atom. The highest BCUT2D eigenvalue weighted by Gasteiger charge is 2.25. The molecule has 4 nitrogen and oxygen atoms in total. The minimum atomic E-state index is -0.388. The van der Waals surface area contributed by atoms with Gasteiger partial charge in [0.1, 0.15) is 5.82 Å². The molecule has 0 bridgehead atoms. The molecule has 0 atom stereocenters. The van der Waals surface area contributed by atoms with Gasteiger partial charge in [-0.3, -0.25) is 9.59 Å². The van der Waals surface area contributed by atoms with Gasteiger partial charge in [0.05, 0.1) is 0 Å². The second-order valence-corrected chi connectivity index (χ2v) is 7.72. The zero-order chi connectivity index (χ0) is 20.3. The third-order valence-corrected chi connectivity index (χ3v) is 5.55. The van der Waals surface area contributed by atoms with Gasteiger partial charge in [0.25, 0.3) is 5.91 Å². The Kier molecular flexibility index (Phi) is 6.57. The molecular formula is C21H21Cl2FN2O2. The van der Waals surface area contributed by atoms with E-state index in [0.717, 1.165) is 5.56 Å². The van der Waals surface area contributed by atoms with Crippen molar-refractivity contribution in [1.29, 1.82) is 0 Å². The van der Waals surface area contributed by atoms with Gasteiger partial charge >= 0.3 is 0 Å². The lowest BCUT2D eigenvalue weighted by molar-refractivity contribution is -0.132. The lowest BCUT2D eigenvalue weighted by Gasteiger charge is -2.35. The molecule has 148 valence electrons. The van der Waals surface area contributed by atoms with Crippen LogP contribution < -0.4 is 0 Å². The van der Waals surface area contributed by atoms with Gasteiger partial charge in [-0.25, -0.2) is 4.39 Å². The summed E-state index contributed by atoms with van der Waals surface area (Å²) < 4.78 is 13.7. The minimum Gasteiger partial charge on any atom is -0.339 e. The topological polar surface area (TPSA) is 40.6 Å². The Hall–Kier alpha value is -2.11. The summed E-state index contributed by atoms with van der Waals surface area (Å²) in [5.74, 6) is -0.570. The van der Waals surface area contributed by atoms with E-state index in [1.54, 1.807) is 41.0 Å². The van der Waals surface area contributed by atoms with Crippen LogP contribution in [0.1, 0.15) is 27.9 Å². The lowest BCUT2D eigenvalue weighted by Crippen LogP contribution is -2.50. The van der Waals surface area contributed by atoms with Crippen LogP contribution in [0, 0.1) is 12.7 Å². The average Bonchev–Trinajstić information content (AvgIpc) is 2.69. The standard InChI is InChI=1S/C21H21Cl2FN2O2/c1-14-2-3-16(12-19(14)24)21(28)26-10-8-25(9-11-26)20(27)7-5-15-4-6-17(22)13-18(15)23/h2-4,6,12-13H,5,7-11H2,1H3. The van der Waals surface area contributed by atoms with E-state index in [0.29, 0.717) is 60.2 Å². The van der Waals surface area contributed by atoms with Crippen LogP contribution in [0.5, 0.6) is 0 Å². The van der Waals surface area contributed by atoms with Crippen molar-refractivity contribution in [3.63, 3.8) is 0 Å². The Labute approximate surface area is 173 Å². The molecule has 0 unspecified atom stereocenters. The molecular weight excluding hydrogens is 402 g/mol. The van der Waals surface area contributed by atoms with E-state index < -0.39 is 0 Å². The van der Waals surface area contributed by atoms with Crippen LogP contribution in [-0.4, -0.2) is 47.8 Å². The van der Waals surface area contributed by atoms with Gasteiger partial charge in [-0.05, 0) is 48.7 Å². The predicted octanol–water partition coefficient (Wildman–Crippen LogP) is 4.36. The molecule has 28 heavy (non-hydrogen) atoms. The first kappa shape index (κ1) is 20.6. The van der Waals surface area contributed by atoms with Crippen LogP contribution >= 0.6 is 23.2 Å². The van der Waals surface area contributed by atoms with Crippen LogP contribution in [0.25, 0.3) is 0 Å². The summed E-state index contributed by atoms with van der Waals surface area (Å²) in [4.78, 5) is 28.4. The predicted molar refractivity (Wildman–Crippen MR) is 108 cm³/mol. The van der Waals surface area contributed by atoms with E-state index in [1.807, 2.05) is 6.07 Å². The van der Waals surface area contributed by atoms with E-state index in [1.165, 1.54) is 6.07 Å². The number of carbonyl (C=O) groups is 2. The highest BCUT2D eigenvalue weighted by atomic mass is 35.5. The molecule has 1 fully saturated rings. The lowest BCUT2D eigenvalue weighted by atomic mass is 10.1. The number of amides is 2. The van der Waals surface area contributed by atoms with Crippen molar-refractivity contribution < 1.29 is 14.0 Å². The van der Waals surface area contributed by atoms with Gasteiger partial charge in [-0.2, -0.15) is 0 Å². The highest BCUT2D eigenvalue weighted by Crippen LogP contribution is 2.22. The van der Waals surface area contributed by atoms with Crippen LogP contribution in [0.15, 0.2) is 36.4 Å². The van der Waals surface area contributed by atoms with E-state index in [-0.39, 0.29) is 17.6 Å². The number of aryl methyl sites for hydroxylation is 2. The van der Waals surface area contributed by atoms with Gasteiger partial charge in [0.2, 0.25) is 5.91 Å². The van der Waals surface area contributed by atoms with E-state index in [4.69, 9.17) is 23.2 Å². The Morgan fingerprint density at radius 3 is 2.32 bits per heavy atom. The molecule has 1 aliphatic heterocycles. The molecule has 0 spiro atoms. The Balaban J connectivity index is 1.52. The molecule has 2 aromatic carbocycles. The largest absolute Gasteiger partial charge is 0.339 e. The summed E-state index contributed by atoms with van der Waals surface area (Å²) in [5.41, 5.74) is 1.72. The van der Waals surface area contributed by atoms with Crippen molar-refractivity contribution in [3.05, 3.63) is 69.0 Å². The second kappa shape index (κ2) is 8.93. The number of benzene rings is 2. The summed E-state index contributed by atoms with van der Waals surface area (Å²) in [6.45, 7) is 3.45. The number of nitrogens with zero attached hydrogens (tertiary/aromatic N) is 2. The molecule has 1 aliphatic rings. The maximum atomic E-state index is 13.7. The molecule has 0 saturated carbocycles. The molecule has 1 heterocycles. The van der Waals surface area contributed by atoms with Crippen LogP contribution in [0.4, 0.5) is 4.39 Å². The number of rotatable bonds is 4. The Morgan fingerprint density at radius 1 is 1.00 bits per heavy atom. The number of hydrogen-bond acceptors (Lipinski definition) is 2. The highest BCUT2D eigenvalue weighted by molar-refractivity contribution is 6.35. The van der Waals surface area contributed by atoms with Crippen LogP contribution in [0.2, 0.25) is 10.0 Å². The van der Waals surface area contributed by atoms with Crippen molar-refractivity contribution in [3.8, 4) is 0 Å². The van der Waals surface area contributed by atoms with Gasteiger partial charge in [0, 0.05) is 48.2 Å². The molecule has 1 saturated heterocycles. The number of hydrogen-bond donors (Lipinski definition) is 0. The Bertz CT molecular complexity index is 896. The fraction of sp³-hybridized carbons (Fsp3) is 0.333. The van der Waals surface area contributed by atoms with Gasteiger partial charge in [-0.15, -0.1) is 0 Å². The first-order chi connectivity index (χ1) is 13.3. The zero-order valence-electron chi connectivity index (χ0n) is 15.6. The normalized spacial score (nSPS) is 14.3. The maximum absolute atomic E-state index is 13.7. The first-order valence-electron chi connectivity index (χ1n) is 9.12. The molecule has 0 radical (unpaired) electrons. The smallest absolute Gasteiger partial charge is 0.254 e. The van der Waals surface area contributed by atoms with Crippen LogP contribution in [-0.2, 0) is 11.2 Å². The van der Waals surface area contributed by atoms with Crippen molar-refractivity contribution in [1.82, 2.24) is 9.80 Å². The molecule has 2 amide bonds. The van der Waals surface area contributed by atoms with Gasteiger partial charge < -0.3 is 9.80 Å². The van der Waals surface area contributed by atoms with Gasteiger partial charge in [0.15, 0.2) is 0 Å². The summed E-state index contributed by atoms with van der Waals surface area (Å²) in [5, 5.41) is 1.12. The van der Waals surface area contributed by atoms with E-state index in [9.17, 15) is 14.0 Å². The van der Waals surface area contributed by atoms with Crippen molar-refractivity contribution in [2.75, 3.05) is 26.2 Å². The molecule has 3 rings (SSSR count). The van der Waals surface area contributed by atoms with Crippen molar-refractivity contribution in [2.24, 2.45) is 0 Å².